The smallest absolute Gasteiger partial charge is 0.127 e. The minimum absolute atomic E-state index is 0.116. The normalized spacial score (nSPS) is 10.0. The highest BCUT2D eigenvalue weighted by Crippen LogP contribution is 2.15. The van der Waals surface area contributed by atoms with Crippen molar-refractivity contribution in [2.24, 2.45) is 0 Å². The van der Waals surface area contributed by atoms with Gasteiger partial charge in [0.25, 0.3) is 0 Å². The molecule has 0 saturated heterocycles. The van der Waals surface area contributed by atoms with Gasteiger partial charge in [-0.3, -0.25) is 0 Å². The first-order valence-electron chi connectivity index (χ1n) is 3.03. The van der Waals surface area contributed by atoms with E-state index in [-0.39, 0.29) is 5.82 Å². The van der Waals surface area contributed by atoms with E-state index in [9.17, 15) is 4.39 Å². The molecule has 0 amide bonds. The molecule has 1 aromatic rings. The standard InChI is InChI=1S/C8H8FI/c1-5-3-6(2)8(10)4-7(5)9/h3-4H,1-2H3. The van der Waals surface area contributed by atoms with E-state index in [0.29, 0.717) is 0 Å². The van der Waals surface area contributed by atoms with E-state index < -0.39 is 0 Å². The minimum Gasteiger partial charge on any atom is -0.207 e. The summed E-state index contributed by atoms with van der Waals surface area (Å²) in [6.07, 6.45) is 0. The van der Waals surface area contributed by atoms with Crippen molar-refractivity contribution in [2.45, 2.75) is 13.8 Å². The van der Waals surface area contributed by atoms with Crippen LogP contribution in [0.3, 0.4) is 0 Å². The Balaban J connectivity index is 3.28. The van der Waals surface area contributed by atoms with E-state index in [1.165, 1.54) is 0 Å². The summed E-state index contributed by atoms with van der Waals surface area (Å²) in [5.74, 6) is -0.116. The van der Waals surface area contributed by atoms with Crippen LogP contribution in [0.15, 0.2) is 12.1 Å². The molecule has 1 aromatic carbocycles. The van der Waals surface area contributed by atoms with Crippen LogP contribution in [0, 0.1) is 23.2 Å². The summed E-state index contributed by atoms with van der Waals surface area (Å²) in [4.78, 5) is 0. The van der Waals surface area contributed by atoms with Crippen LogP contribution in [0.2, 0.25) is 0 Å². The minimum atomic E-state index is -0.116. The Bertz CT molecular complexity index is 205. The van der Waals surface area contributed by atoms with Crippen molar-refractivity contribution in [3.8, 4) is 0 Å². The molecule has 0 unspecified atom stereocenters. The number of halogens is 2. The van der Waals surface area contributed by atoms with Gasteiger partial charge >= 0.3 is 0 Å². The molecule has 0 spiro atoms. The van der Waals surface area contributed by atoms with Gasteiger partial charge in [-0.05, 0) is 53.6 Å². The fourth-order valence-electron chi connectivity index (χ4n) is 0.802. The summed E-state index contributed by atoms with van der Waals surface area (Å²) in [5, 5.41) is 0. The summed E-state index contributed by atoms with van der Waals surface area (Å²) in [7, 11) is 0. The number of benzene rings is 1. The van der Waals surface area contributed by atoms with Crippen molar-refractivity contribution in [1.82, 2.24) is 0 Å². The summed E-state index contributed by atoms with van der Waals surface area (Å²) >= 11 is 2.13. The van der Waals surface area contributed by atoms with Crippen molar-refractivity contribution in [2.75, 3.05) is 0 Å². The quantitative estimate of drug-likeness (QED) is 0.621. The first-order valence-corrected chi connectivity index (χ1v) is 4.11. The third kappa shape index (κ3) is 1.48. The first-order chi connectivity index (χ1) is 4.61. The van der Waals surface area contributed by atoms with E-state index in [1.807, 2.05) is 13.0 Å². The van der Waals surface area contributed by atoms with Gasteiger partial charge in [0.1, 0.15) is 5.82 Å². The molecule has 10 heavy (non-hydrogen) atoms. The molecule has 0 heterocycles. The molecule has 0 radical (unpaired) electrons. The van der Waals surface area contributed by atoms with E-state index in [4.69, 9.17) is 0 Å². The van der Waals surface area contributed by atoms with E-state index >= 15 is 0 Å². The van der Waals surface area contributed by atoms with Gasteiger partial charge in [-0.1, -0.05) is 6.07 Å². The maximum atomic E-state index is 12.8. The lowest BCUT2D eigenvalue weighted by molar-refractivity contribution is 0.617. The highest BCUT2D eigenvalue weighted by Gasteiger charge is 1.99. The fourth-order valence-corrected chi connectivity index (χ4v) is 1.23. The summed E-state index contributed by atoms with van der Waals surface area (Å²) in [6, 6.07) is 3.42. The first kappa shape index (κ1) is 7.98. The molecule has 0 fully saturated rings. The van der Waals surface area contributed by atoms with Gasteiger partial charge in [0.2, 0.25) is 0 Å². The molecule has 0 bridgehead atoms. The van der Waals surface area contributed by atoms with Gasteiger partial charge < -0.3 is 0 Å². The zero-order chi connectivity index (χ0) is 7.72. The van der Waals surface area contributed by atoms with Crippen molar-refractivity contribution in [3.63, 3.8) is 0 Å². The van der Waals surface area contributed by atoms with Crippen LogP contribution >= 0.6 is 22.6 Å². The molecule has 54 valence electrons. The topological polar surface area (TPSA) is 0 Å². The molecule has 0 aromatic heterocycles. The lowest BCUT2D eigenvalue weighted by Gasteiger charge is -2.00. The molecule has 0 aliphatic heterocycles. The molecule has 1 rings (SSSR count). The maximum absolute atomic E-state index is 12.8. The highest BCUT2D eigenvalue weighted by atomic mass is 127. The Hall–Kier alpha value is -0.120. The number of rotatable bonds is 0. The van der Waals surface area contributed by atoms with Crippen molar-refractivity contribution in [3.05, 3.63) is 32.6 Å². The van der Waals surface area contributed by atoms with Gasteiger partial charge in [0.15, 0.2) is 0 Å². The van der Waals surface area contributed by atoms with Crippen LogP contribution in [0.25, 0.3) is 0 Å². The van der Waals surface area contributed by atoms with Gasteiger partial charge in [0, 0.05) is 3.57 Å². The zero-order valence-corrected chi connectivity index (χ0v) is 8.07. The summed E-state index contributed by atoms with van der Waals surface area (Å²) in [6.45, 7) is 3.76. The van der Waals surface area contributed by atoms with E-state index in [1.54, 1.807) is 13.0 Å². The Kier molecular flexibility index (Phi) is 2.28. The maximum Gasteiger partial charge on any atom is 0.127 e. The molecule has 0 nitrogen and oxygen atoms in total. The third-order valence-corrected chi connectivity index (χ3v) is 2.60. The van der Waals surface area contributed by atoms with Gasteiger partial charge in [-0.25, -0.2) is 4.39 Å². The lowest BCUT2D eigenvalue weighted by atomic mass is 10.1. The second kappa shape index (κ2) is 2.86. The largest absolute Gasteiger partial charge is 0.207 e. The zero-order valence-electron chi connectivity index (χ0n) is 5.91. The summed E-state index contributed by atoms with van der Waals surface area (Å²) < 4.78 is 13.7. The van der Waals surface area contributed by atoms with Gasteiger partial charge in [-0.2, -0.15) is 0 Å². The van der Waals surface area contributed by atoms with Gasteiger partial charge in [-0.15, -0.1) is 0 Å². The van der Waals surface area contributed by atoms with Crippen molar-refractivity contribution < 1.29 is 4.39 Å². The Labute approximate surface area is 73.6 Å². The lowest BCUT2D eigenvalue weighted by Crippen LogP contribution is -1.86. The molecule has 2 heteroatoms. The number of aryl methyl sites for hydroxylation is 2. The van der Waals surface area contributed by atoms with E-state index in [2.05, 4.69) is 22.6 Å². The van der Waals surface area contributed by atoms with Gasteiger partial charge in [0.05, 0.1) is 0 Å². The molecular weight excluding hydrogens is 242 g/mol. The number of hydrogen-bond donors (Lipinski definition) is 0. The molecule has 0 saturated carbocycles. The van der Waals surface area contributed by atoms with Crippen LogP contribution in [0.4, 0.5) is 4.39 Å². The SMILES string of the molecule is Cc1cc(C)c(I)cc1F. The molecule has 0 N–H and O–H groups in total. The van der Waals surface area contributed by atoms with Crippen LogP contribution < -0.4 is 0 Å². The second-order valence-corrected chi connectivity index (χ2v) is 3.51. The van der Waals surface area contributed by atoms with Crippen LogP contribution in [-0.4, -0.2) is 0 Å². The van der Waals surface area contributed by atoms with Crippen LogP contribution in [0.1, 0.15) is 11.1 Å². The second-order valence-electron chi connectivity index (χ2n) is 2.35. The molecule has 0 aliphatic carbocycles. The molecule has 0 aliphatic rings. The predicted octanol–water partition coefficient (Wildman–Crippen LogP) is 3.05. The van der Waals surface area contributed by atoms with E-state index in [0.717, 1.165) is 14.7 Å². The average molecular weight is 250 g/mol. The Morgan fingerprint density at radius 3 is 2.30 bits per heavy atom. The number of hydrogen-bond acceptors (Lipinski definition) is 0. The Morgan fingerprint density at radius 2 is 1.80 bits per heavy atom. The molecular formula is C8H8FI. The average Bonchev–Trinajstić information content (AvgIpc) is 1.84. The third-order valence-electron chi connectivity index (χ3n) is 1.44. The van der Waals surface area contributed by atoms with Crippen LogP contribution in [-0.2, 0) is 0 Å². The van der Waals surface area contributed by atoms with Crippen molar-refractivity contribution in [1.29, 1.82) is 0 Å². The highest BCUT2D eigenvalue weighted by molar-refractivity contribution is 14.1. The molecule has 0 atom stereocenters. The fraction of sp³-hybridized carbons (Fsp3) is 0.250. The van der Waals surface area contributed by atoms with Crippen molar-refractivity contribution >= 4 is 22.6 Å². The monoisotopic (exact) mass is 250 g/mol. The van der Waals surface area contributed by atoms with Crippen LogP contribution in [0.5, 0.6) is 0 Å². The Morgan fingerprint density at radius 1 is 1.20 bits per heavy atom. The summed E-state index contributed by atoms with van der Waals surface area (Å²) in [5.41, 5.74) is 1.86. The predicted molar refractivity (Wildman–Crippen MR) is 48.6 cm³/mol.